The molecule has 13 heteroatoms. The van der Waals surface area contributed by atoms with E-state index in [4.69, 9.17) is 4.74 Å². The number of Topliss-reactive ketones (excluding diaryl/α,β-unsaturated/α-hetero) is 1. The number of nitrogens with one attached hydrogen (secondary N) is 4. The zero-order valence-electron chi connectivity index (χ0n) is 31.4. The summed E-state index contributed by atoms with van der Waals surface area (Å²) in [6.45, 7) is 20.5. The Morgan fingerprint density at radius 2 is 1.64 bits per heavy atom. The number of ether oxygens (including phenoxy) is 1. The van der Waals surface area contributed by atoms with Gasteiger partial charge in [0.1, 0.15) is 17.7 Å². The Bertz CT molecular complexity index is 1240. The summed E-state index contributed by atoms with van der Waals surface area (Å²) in [5.41, 5.74) is -0.940. The third kappa shape index (κ3) is 11.0. The second kappa shape index (κ2) is 18.1. The predicted molar refractivity (Wildman–Crippen MR) is 191 cm³/mol. The number of ketones is 1. The fourth-order valence-corrected chi connectivity index (χ4v) is 7.60. The van der Waals surface area contributed by atoms with Crippen LogP contribution in [-0.2, 0) is 28.7 Å². The minimum Gasteiger partial charge on any atom is -0.444 e. The standard InChI is InChI=1S/C37H62N6O7/c1-9-12-18-26(31(45)33(47)39-20-19-27(44)38-21-22-42(10-2)11-3)40-32(46)30-28-25(37(28,7)8)23-43(30)34(48)29(24-16-14-13-15-17-24)41-35(49)50-36(4,5)6/h9,24-26,28-30H,1,10-23H2,2-8H3,(H,38,44)(H,39,47)(H,40,46)(H,41,49)/t25-,26?,28-,29?,30-/m0/s1. The Morgan fingerprint density at radius 3 is 2.24 bits per heavy atom. The number of hydrogen-bond acceptors (Lipinski definition) is 8. The van der Waals surface area contributed by atoms with Crippen molar-refractivity contribution in [1.29, 1.82) is 0 Å². The fraction of sp³-hybridized carbons (Fsp3) is 0.784. The summed E-state index contributed by atoms with van der Waals surface area (Å²) in [6, 6.07) is -2.86. The van der Waals surface area contributed by atoms with Gasteiger partial charge in [-0.3, -0.25) is 24.0 Å². The van der Waals surface area contributed by atoms with Crippen molar-refractivity contribution in [2.45, 2.75) is 124 Å². The van der Waals surface area contributed by atoms with Gasteiger partial charge in [0.2, 0.25) is 23.5 Å². The lowest BCUT2D eigenvalue weighted by molar-refractivity contribution is -0.145. The second-order valence-electron chi connectivity index (χ2n) is 15.6. The third-order valence-corrected chi connectivity index (χ3v) is 10.6. The first-order chi connectivity index (χ1) is 23.5. The largest absolute Gasteiger partial charge is 0.444 e. The van der Waals surface area contributed by atoms with Gasteiger partial charge >= 0.3 is 6.09 Å². The van der Waals surface area contributed by atoms with Gasteiger partial charge in [-0.05, 0) is 82.7 Å². The number of nitrogens with zero attached hydrogens (tertiary/aromatic N) is 2. The quantitative estimate of drug-likeness (QED) is 0.125. The molecule has 0 aromatic heterocycles. The molecule has 0 radical (unpaired) electrons. The Hall–Kier alpha value is -3.48. The first kappa shape index (κ1) is 40.9. The van der Waals surface area contributed by atoms with E-state index in [-0.39, 0.29) is 54.4 Å². The van der Waals surface area contributed by atoms with Gasteiger partial charge in [0.25, 0.3) is 5.91 Å². The molecule has 0 bridgehead atoms. The molecular formula is C37H62N6O7. The molecule has 13 nitrogen and oxygen atoms in total. The molecule has 50 heavy (non-hydrogen) atoms. The van der Waals surface area contributed by atoms with E-state index in [1.807, 2.05) is 0 Å². The van der Waals surface area contributed by atoms with Gasteiger partial charge in [0, 0.05) is 32.6 Å². The monoisotopic (exact) mass is 702 g/mol. The molecule has 282 valence electrons. The number of rotatable bonds is 18. The van der Waals surface area contributed by atoms with Crippen LogP contribution in [0.5, 0.6) is 0 Å². The van der Waals surface area contributed by atoms with Crippen molar-refractivity contribution < 1.29 is 33.5 Å². The number of alkyl carbamates (subject to hydrolysis) is 1. The van der Waals surface area contributed by atoms with Crippen LogP contribution in [-0.4, -0.2) is 108 Å². The van der Waals surface area contributed by atoms with E-state index in [0.717, 1.165) is 51.7 Å². The van der Waals surface area contributed by atoms with Gasteiger partial charge in [0.05, 0.1) is 6.04 Å². The van der Waals surface area contributed by atoms with E-state index in [9.17, 15) is 28.8 Å². The highest BCUT2D eigenvalue weighted by Gasteiger charge is 2.69. The molecule has 4 N–H and O–H groups in total. The lowest BCUT2D eigenvalue weighted by Gasteiger charge is -2.37. The summed E-state index contributed by atoms with van der Waals surface area (Å²) in [5.74, 6) is -2.92. The maximum absolute atomic E-state index is 14.3. The zero-order valence-corrected chi connectivity index (χ0v) is 31.4. The summed E-state index contributed by atoms with van der Waals surface area (Å²) in [5, 5.41) is 11.0. The summed E-state index contributed by atoms with van der Waals surface area (Å²) in [4.78, 5) is 83.7. The van der Waals surface area contributed by atoms with Gasteiger partial charge in [-0.1, -0.05) is 53.0 Å². The molecule has 0 aromatic carbocycles. The second-order valence-corrected chi connectivity index (χ2v) is 15.6. The Kier molecular flexibility index (Phi) is 14.9. The van der Waals surface area contributed by atoms with Crippen molar-refractivity contribution in [3.05, 3.63) is 12.7 Å². The van der Waals surface area contributed by atoms with Gasteiger partial charge < -0.3 is 35.8 Å². The van der Waals surface area contributed by atoms with Crippen molar-refractivity contribution in [3.63, 3.8) is 0 Å². The van der Waals surface area contributed by atoms with Crippen LogP contribution in [0, 0.1) is 23.2 Å². The van der Waals surface area contributed by atoms with Gasteiger partial charge in [0.15, 0.2) is 0 Å². The van der Waals surface area contributed by atoms with Crippen LogP contribution in [0.15, 0.2) is 12.7 Å². The van der Waals surface area contributed by atoms with Crippen molar-refractivity contribution >= 4 is 35.5 Å². The average Bonchev–Trinajstić information content (AvgIpc) is 3.37. The maximum Gasteiger partial charge on any atom is 0.408 e. The number of likely N-dealkylation sites (N-methyl/N-ethyl adjacent to an activating group) is 1. The minimum absolute atomic E-state index is 0.0116. The number of carbonyl (C=O) groups is 6. The number of fused-ring (bicyclic) bond motifs is 1. The Balaban J connectivity index is 1.70. The van der Waals surface area contributed by atoms with Crippen LogP contribution in [0.2, 0.25) is 0 Å². The summed E-state index contributed by atoms with van der Waals surface area (Å²) in [6.07, 6.45) is 5.98. The van der Waals surface area contributed by atoms with E-state index in [1.54, 1.807) is 31.7 Å². The van der Waals surface area contributed by atoms with Crippen LogP contribution in [0.3, 0.4) is 0 Å². The van der Waals surface area contributed by atoms with E-state index in [0.29, 0.717) is 19.5 Å². The lowest BCUT2D eigenvalue weighted by atomic mass is 9.83. The van der Waals surface area contributed by atoms with E-state index in [2.05, 4.69) is 60.4 Å². The normalized spacial score (nSPS) is 22.5. The lowest BCUT2D eigenvalue weighted by Crippen LogP contribution is -2.59. The van der Waals surface area contributed by atoms with E-state index < -0.39 is 47.4 Å². The predicted octanol–water partition coefficient (Wildman–Crippen LogP) is 2.93. The van der Waals surface area contributed by atoms with Crippen molar-refractivity contribution in [2.24, 2.45) is 23.2 Å². The molecule has 3 rings (SSSR count). The molecule has 3 fully saturated rings. The highest BCUT2D eigenvalue weighted by molar-refractivity contribution is 6.38. The summed E-state index contributed by atoms with van der Waals surface area (Å²) in [7, 11) is 0. The summed E-state index contributed by atoms with van der Waals surface area (Å²) >= 11 is 0. The average molecular weight is 703 g/mol. The van der Waals surface area contributed by atoms with Gasteiger partial charge in [-0.2, -0.15) is 0 Å². The first-order valence-electron chi connectivity index (χ1n) is 18.6. The van der Waals surface area contributed by atoms with E-state index in [1.165, 1.54) is 0 Å². The number of amides is 5. The number of piperidine rings is 1. The molecule has 2 unspecified atom stereocenters. The molecule has 1 heterocycles. The molecule has 5 atom stereocenters. The molecular weight excluding hydrogens is 640 g/mol. The highest BCUT2D eigenvalue weighted by Crippen LogP contribution is 2.65. The molecule has 0 aromatic rings. The topological polar surface area (TPSA) is 166 Å². The van der Waals surface area contributed by atoms with Crippen molar-refractivity contribution in [1.82, 2.24) is 31.1 Å². The molecule has 2 saturated carbocycles. The fourth-order valence-electron chi connectivity index (χ4n) is 7.60. The van der Waals surface area contributed by atoms with E-state index >= 15 is 0 Å². The molecule has 1 saturated heterocycles. The Morgan fingerprint density at radius 1 is 0.980 bits per heavy atom. The van der Waals surface area contributed by atoms with Crippen LogP contribution >= 0.6 is 0 Å². The number of carbonyl (C=O) groups excluding carboxylic acids is 6. The number of hydrogen-bond donors (Lipinski definition) is 4. The van der Waals surface area contributed by atoms with Crippen LogP contribution in [0.1, 0.15) is 99.8 Å². The third-order valence-electron chi connectivity index (χ3n) is 10.6. The molecule has 5 amide bonds. The minimum atomic E-state index is -1.14. The van der Waals surface area contributed by atoms with Crippen LogP contribution < -0.4 is 21.3 Å². The molecule has 1 aliphatic heterocycles. The smallest absolute Gasteiger partial charge is 0.408 e. The summed E-state index contributed by atoms with van der Waals surface area (Å²) < 4.78 is 5.52. The first-order valence-corrected chi connectivity index (χ1v) is 18.6. The SMILES string of the molecule is C=CCCC(NC(=O)[C@@H]1[C@@H]2[C@H](CN1C(=O)C(NC(=O)OC(C)(C)C)C1CCCCC1)C2(C)C)C(=O)C(=O)NCCC(=O)NCCN(CC)CC. The van der Waals surface area contributed by atoms with Crippen LogP contribution in [0.4, 0.5) is 4.79 Å². The van der Waals surface area contributed by atoms with Crippen LogP contribution in [0.25, 0.3) is 0 Å². The zero-order chi connectivity index (χ0) is 37.2. The van der Waals surface area contributed by atoms with Crippen molar-refractivity contribution in [3.8, 4) is 0 Å². The number of allylic oxidation sites excluding steroid dienone is 1. The maximum atomic E-state index is 14.3. The van der Waals surface area contributed by atoms with Gasteiger partial charge in [-0.15, -0.1) is 6.58 Å². The Labute approximate surface area is 298 Å². The molecule has 2 aliphatic carbocycles. The van der Waals surface area contributed by atoms with Crippen molar-refractivity contribution in [2.75, 3.05) is 39.3 Å². The highest BCUT2D eigenvalue weighted by atomic mass is 16.6. The number of likely N-dealkylation sites (tertiary alicyclic amines) is 1. The van der Waals surface area contributed by atoms with Gasteiger partial charge in [-0.25, -0.2) is 4.79 Å². The molecule has 3 aliphatic rings. The molecule has 0 spiro atoms.